The molecule has 1 atom stereocenters. The quantitative estimate of drug-likeness (QED) is 0.615. The van der Waals surface area contributed by atoms with Gasteiger partial charge in [-0.25, -0.2) is 26.9 Å². The van der Waals surface area contributed by atoms with E-state index in [1.807, 2.05) is 4.72 Å². The Morgan fingerprint density at radius 3 is 2.36 bits per heavy atom. The molecule has 1 amide bonds. The van der Waals surface area contributed by atoms with Gasteiger partial charge in [0.1, 0.15) is 11.5 Å². The fourth-order valence-corrected chi connectivity index (χ4v) is 5.06. The van der Waals surface area contributed by atoms with Crippen LogP contribution in [0.3, 0.4) is 0 Å². The number of likely N-dealkylation sites (tertiary alicyclic amines) is 1. The zero-order valence-corrected chi connectivity index (χ0v) is 18.7. The Morgan fingerprint density at radius 1 is 1.18 bits per heavy atom. The van der Waals surface area contributed by atoms with Crippen LogP contribution in [-0.2, 0) is 23.2 Å². The topological polar surface area (TPSA) is 110 Å². The number of nitrogens with zero attached hydrogens (tertiary/aromatic N) is 3. The SMILES string of the molecule is CN1CCC(S(=O)(=O)NC(=O)c2cc(-n3c(=O)cc(C(F)(F)F)n(C)c3=O)c(F)cc2Cl)C1. The van der Waals surface area contributed by atoms with Crippen molar-refractivity contribution in [2.24, 2.45) is 7.05 Å². The van der Waals surface area contributed by atoms with Crippen molar-refractivity contribution in [3.8, 4) is 5.69 Å². The van der Waals surface area contributed by atoms with Crippen molar-refractivity contribution < 1.29 is 30.8 Å². The van der Waals surface area contributed by atoms with Crippen LogP contribution in [0.5, 0.6) is 0 Å². The van der Waals surface area contributed by atoms with E-state index in [1.165, 1.54) is 0 Å². The first-order valence-corrected chi connectivity index (χ1v) is 11.2. The Bertz CT molecular complexity index is 1350. The van der Waals surface area contributed by atoms with Crippen molar-refractivity contribution in [1.82, 2.24) is 18.8 Å². The third kappa shape index (κ3) is 4.82. The second-order valence-electron chi connectivity index (χ2n) is 7.48. The molecule has 0 aliphatic carbocycles. The van der Waals surface area contributed by atoms with Crippen molar-refractivity contribution in [3.63, 3.8) is 0 Å². The third-order valence-corrected chi connectivity index (χ3v) is 7.20. The van der Waals surface area contributed by atoms with Gasteiger partial charge in [0.2, 0.25) is 10.0 Å². The van der Waals surface area contributed by atoms with Crippen LogP contribution < -0.4 is 16.0 Å². The molecular weight excluding hydrogens is 496 g/mol. The van der Waals surface area contributed by atoms with Gasteiger partial charge in [-0.3, -0.25) is 14.2 Å². The van der Waals surface area contributed by atoms with Crippen LogP contribution in [0.1, 0.15) is 22.5 Å². The van der Waals surface area contributed by atoms with Crippen LogP contribution in [0.25, 0.3) is 5.69 Å². The summed E-state index contributed by atoms with van der Waals surface area (Å²) < 4.78 is 80.7. The van der Waals surface area contributed by atoms with Crippen LogP contribution in [0.15, 0.2) is 27.8 Å². The number of carbonyl (C=O) groups is 1. The number of sulfonamides is 1. The van der Waals surface area contributed by atoms with Gasteiger partial charge in [-0.15, -0.1) is 0 Å². The lowest BCUT2D eigenvalue weighted by Gasteiger charge is -2.16. The van der Waals surface area contributed by atoms with Gasteiger partial charge in [0.15, 0.2) is 0 Å². The van der Waals surface area contributed by atoms with E-state index in [4.69, 9.17) is 11.6 Å². The number of rotatable bonds is 4. The Balaban J connectivity index is 2.08. The zero-order chi connectivity index (χ0) is 24.9. The Labute approximate surface area is 189 Å². The van der Waals surface area contributed by atoms with Crippen molar-refractivity contribution in [2.75, 3.05) is 20.1 Å². The van der Waals surface area contributed by atoms with E-state index in [0.717, 1.165) is 7.05 Å². The number of aromatic nitrogens is 2. The van der Waals surface area contributed by atoms with E-state index in [-0.39, 0.29) is 28.2 Å². The molecule has 2 heterocycles. The molecule has 1 unspecified atom stereocenters. The molecule has 180 valence electrons. The smallest absolute Gasteiger partial charge is 0.305 e. The highest BCUT2D eigenvalue weighted by atomic mass is 35.5. The number of hydrogen-bond donors (Lipinski definition) is 1. The van der Waals surface area contributed by atoms with E-state index in [2.05, 4.69) is 0 Å². The largest absolute Gasteiger partial charge is 0.431 e. The molecule has 1 aromatic carbocycles. The monoisotopic (exact) mass is 512 g/mol. The summed E-state index contributed by atoms with van der Waals surface area (Å²) in [5, 5.41) is -1.43. The molecule has 3 rings (SSSR count). The summed E-state index contributed by atoms with van der Waals surface area (Å²) in [5.41, 5.74) is -6.09. The molecule has 0 spiro atoms. The number of benzene rings is 1. The normalized spacial score (nSPS) is 17.4. The molecule has 2 aromatic rings. The Morgan fingerprint density at radius 2 is 1.82 bits per heavy atom. The van der Waals surface area contributed by atoms with Gasteiger partial charge >= 0.3 is 11.9 Å². The highest BCUT2D eigenvalue weighted by molar-refractivity contribution is 7.90. The average molecular weight is 513 g/mol. The van der Waals surface area contributed by atoms with Gasteiger partial charge in [-0.05, 0) is 32.1 Å². The van der Waals surface area contributed by atoms with E-state index < -0.39 is 66.4 Å². The first-order valence-electron chi connectivity index (χ1n) is 9.27. The first kappa shape index (κ1) is 24.9. The molecule has 9 nitrogen and oxygen atoms in total. The minimum atomic E-state index is -5.03. The maximum atomic E-state index is 14.6. The van der Waals surface area contributed by atoms with Crippen LogP contribution >= 0.6 is 11.6 Å². The van der Waals surface area contributed by atoms with Gasteiger partial charge in [0.05, 0.1) is 21.5 Å². The van der Waals surface area contributed by atoms with E-state index in [0.29, 0.717) is 18.7 Å². The predicted octanol–water partition coefficient (Wildman–Crippen LogP) is 1.11. The van der Waals surface area contributed by atoms with Crippen LogP contribution in [-0.4, -0.2) is 53.7 Å². The fourth-order valence-electron chi connectivity index (χ4n) is 3.42. The molecular formula is C18H17ClF4N4O5S. The summed E-state index contributed by atoms with van der Waals surface area (Å²) in [5.74, 6) is -2.55. The molecule has 0 radical (unpaired) electrons. The van der Waals surface area contributed by atoms with Crippen molar-refractivity contribution in [3.05, 3.63) is 61.1 Å². The molecule has 1 saturated heterocycles. The second kappa shape index (κ2) is 8.57. The standard InChI is InChI=1S/C18H17ClF4N4O5S/c1-25-4-3-9(8-25)33(31,32)24-16(29)10-5-13(12(20)6-11(10)19)27-15(28)7-14(18(21,22)23)26(2)17(27)30/h5-7,9H,3-4,8H2,1-2H3,(H,24,29). The minimum Gasteiger partial charge on any atom is -0.305 e. The molecule has 1 N–H and O–H groups in total. The minimum absolute atomic E-state index is 0.0815. The van der Waals surface area contributed by atoms with Crippen LogP contribution in [0.2, 0.25) is 5.02 Å². The number of amides is 1. The van der Waals surface area contributed by atoms with Crippen molar-refractivity contribution >= 4 is 27.5 Å². The summed E-state index contributed by atoms with van der Waals surface area (Å²) in [4.78, 5) is 39.0. The van der Waals surface area contributed by atoms with Crippen molar-refractivity contribution in [2.45, 2.75) is 17.8 Å². The van der Waals surface area contributed by atoms with Crippen molar-refractivity contribution in [1.29, 1.82) is 0 Å². The number of carbonyl (C=O) groups excluding carboxylic acids is 1. The third-order valence-electron chi connectivity index (χ3n) is 5.15. The average Bonchev–Trinajstić information content (AvgIpc) is 3.12. The van der Waals surface area contributed by atoms with Gasteiger partial charge in [-0.1, -0.05) is 11.6 Å². The number of nitrogens with one attached hydrogen (secondary N) is 1. The molecule has 33 heavy (non-hydrogen) atoms. The second-order valence-corrected chi connectivity index (χ2v) is 9.84. The van der Waals surface area contributed by atoms with Gasteiger partial charge < -0.3 is 4.90 Å². The zero-order valence-electron chi connectivity index (χ0n) is 17.1. The highest BCUT2D eigenvalue weighted by Gasteiger charge is 2.36. The summed E-state index contributed by atoms with van der Waals surface area (Å²) in [7, 11) is -1.72. The molecule has 1 fully saturated rings. The van der Waals surface area contributed by atoms with Crippen LogP contribution in [0.4, 0.5) is 17.6 Å². The van der Waals surface area contributed by atoms with E-state index in [9.17, 15) is 40.4 Å². The predicted molar refractivity (Wildman–Crippen MR) is 110 cm³/mol. The van der Waals surface area contributed by atoms with E-state index >= 15 is 0 Å². The summed E-state index contributed by atoms with van der Waals surface area (Å²) in [6.45, 7) is 0.656. The van der Waals surface area contributed by atoms with Gasteiger partial charge in [0, 0.05) is 19.7 Å². The lowest BCUT2D eigenvalue weighted by molar-refractivity contribution is -0.144. The maximum Gasteiger partial charge on any atom is 0.431 e. The lowest BCUT2D eigenvalue weighted by atomic mass is 10.1. The van der Waals surface area contributed by atoms with Gasteiger partial charge in [-0.2, -0.15) is 13.2 Å². The molecule has 1 aliphatic heterocycles. The number of hydrogen-bond acceptors (Lipinski definition) is 6. The fraction of sp³-hybridized carbons (Fsp3) is 0.389. The Kier molecular flexibility index (Phi) is 6.47. The number of halogens is 5. The molecule has 1 aliphatic rings. The molecule has 15 heteroatoms. The molecule has 0 bridgehead atoms. The lowest BCUT2D eigenvalue weighted by Crippen LogP contribution is -2.41. The highest BCUT2D eigenvalue weighted by Crippen LogP contribution is 2.28. The first-order chi connectivity index (χ1) is 15.1. The summed E-state index contributed by atoms with van der Waals surface area (Å²) in [6, 6.07) is 1.26. The van der Waals surface area contributed by atoms with E-state index in [1.54, 1.807) is 11.9 Å². The Hall–Kier alpha value is -2.71. The molecule has 0 saturated carbocycles. The summed E-state index contributed by atoms with van der Waals surface area (Å²) >= 11 is 5.87. The van der Waals surface area contributed by atoms with Crippen LogP contribution in [0, 0.1) is 5.82 Å². The summed E-state index contributed by atoms with van der Waals surface area (Å²) in [6.07, 6.45) is -4.77. The van der Waals surface area contributed by atoms with Gasteiger partial charge in [0.25, 0.3) is 11.5 Å². The molecule has 1 aromatic heterocycles. The number of alkyl halides is 3. The maximum absolute atomic E-state index is 14.6.